The molecule has 2 N–H and O–H groups in total. The number of aliphatic carboxylic acids is 1. The number of fused-ring (bicyclic) bond motifs is 1. The molecule has 4 heteroatoms. The Bertz CT molecular complexity index is 646. The summed E-state index contributed by atoms with van der Waals surface area (Å²) < 4.78 is 0. The molecule has 2 aromatic carbocycles. The van der Waals surface area contributed by atoms with Crippen molar-refractivity contribution in [2.75, 3.05) is 6.54 Å². The van der Waals surface area contributed by atoms with Crippen molar-refractivity contribution in [3.05, 3.63) is 48.0 Å². The topological polar surface area (TPSA) is 66.4 Å². The number of carboxylic acids is 1. The molecule has 0 radical (unpaired) electrons. The Labute approximate surface area is 130 Å². The predicted octanol–water partition coefficient (Wildman–Crippen LogP) is 3.60. The van der Waals surface area contributed by atoms with Crippen LogP contribution in [0.4, 0.5) is 0 Å². The molecule has 0 bridgehead atoms. The van der Waals surface area contributed by atoms with Crippen molar-refractivity contribution >= 4 is 22.6 Å². The van der Waals surface area contributed by atoms with Crippen LogP contribution in [0.3, 0.4) is 0 Å². The molecule has 116 valence electrons. The molecular weight excluding hydrogens is 278 g/mol. The van der Waals surface area contributed by atoms with Crippen LogP contribution >= 0.6 is 0 Å². The van der Waals surface area contributed by atoms with E-state index in [1.165, 1.54) is 0 Å². The lowest BCUT2D eigenvalue weighted by molar-refractivity contribution is -0.137. The van der Waals surface area contributed by atoms with Crippen LogP contribution in [0.2, 0.25) is 0 Å². The highest BCUT2D eigenvalue weighted by atomic mass is 16.4. The standard InChI is InChI=1S/C18H21NO3/c20-17(21)12-3-1-2-6-13-19-18(22)16-11-7-9-14-8-4-5-10-15(14)16/h4-5,7-11H,1-3,6,12-13H2,(H,19,22)(H,20,21). The van der Waals surface area contributed by atoms with Gasteiger partial charge in [0.15, 0.2) is 0 Å². The minimum atomic E-state index is -0.746. The summed E-state index contributed by atoms with van der Waals surface area (Å²) >= 11 is 0. The van der Waals surface area contributed by atoms with E-state index in [1.807, 2.05) is 42.5 Å². The monoisotopic (exact) mass is 299 g/mol. The van der Waals surface area contributed by atoms with Crippen molar-refractivity contribution in [1.29, 1.82) is 0 Å². The summed E-state index contributed by atoms with van der Waals surface area (Å²) in [5, 5.41) is 13.5. The molecular formula is C18H21NO3. The smallest absolute Gasteiger partial charge is 0.303 e. The van der Waals surface area contributed by atoms with Gasteiger partial charge >= 0.3 is 5.97 Å². The highest BCUT2D eigenvalue weighted by molar-refractivity contribution is 6.06. The van der Waals surface area contributed by atoms with Crippen LogP contribution in [0.1, 0.15) is 42.5 Å². The van der Waals surface area contributed by atoms with Crippen molar-refractivity contribution in [2.45, 2.75) is 32.1 Å². The van der Waals surface area contributed by atoms with Crippen LogP contribution in [0.25, 0.3) is 10.8 Å². The molecule has 0 aliphatic heterocycles. The number of hydrogen-bond donors (Lipinski definition) is 2. The van der Waals surface area contributed by atoms with Crippen LogP contribution in [-0.4, -0.2) is 23.5 Å². The average molecular weight is 299 g/mol. The number of carboxylic acid groups (broad SMARTS) is 1. The van der Waals surface area contributed by atoms with Crippen LogP contribution in [0.5, 0.6) is 0 Å². The van der Waals surface area contributed by atoms with Gasteiger partial charge in [-0.25, -0.2) is 0 Å². The van der Waals surface area contributed by atoms with Crippen molar-refractivity contribution in [2.24, 2.45) is 0 Å². The van der Waals surface area contributed by atoms with Crippen molar-refractivity contribution in [3.8, 4) is 0 Å². The summed E-state index contributed by atoms with van der Waals surface area (Å²) in [5.74, 6) is -0.799. The van der Waals surface area contributed by atoms with Gasteiger partial charge in [-0.2, -0.15) is 0 Å². The summed E-state index contributed by atoms with van der Waals surface area (Å²) in [5.41, 5.74) is 0.698. The lowest BCUT2D eigenvalue weighted by atomic mass is 10.0. The number of unbranched alkanes of at least 4 members (excludes halogenated alkanes) is 3. The first-order valence-electron chi connectivity index (χ1n) is 7.66. The van der Waals surface area contributed by atoms with E-state index in [-0.39, 0.29) is 12.3 Å². The van der Waals surface area contributed by atoms with E-state index in [9.17, 15) is 9.59 Å². The van der Waals surface area contributed by atoms with Crippen molar-refractivity contribution < 1.29 is 14.7 Å². The van der Waals surface area contributed by atoms with E-state index >= 15 is 0 Å². The number of amides is 1. The molecule has 2 rings (SSSR count). The second kappa shape index (κ2) is 8.17. The lowest BCUT2D eigenvalue weighted by Gasteiger charge is -2.08. The highest BCUT2D eigenvalue weighted by Crippen LogP contribution is 2.18. The Morgan fingerprint density at radius 3 is 2.45 bits per heavy atom. The predicted molar refractivity (Wildman–Crippen MR) is 87.0 cm³/mol. The highest BCUT2D eigenvalue weighted by Gasteiger charge is 2.08. The maximum atomic E-state index is 12.2. The fourth-order valence-electron chi connectivity index (χ4n) is 2.48. The quantitative estimate of drug-likeness (QED) is 0.732. The van der Waals surface area contributed by atoms with Gasteiger partial charge in [-0.3, -0.25) is 9.59 Å². The number of benzene rings is 2. The third-order valence-electron chi connectivity index (χ3n) is 3.64. The normalized spacial score (nSPS) is 10.5. The fraction of sp³-hybridized carbons (Fsp3) is 0.333. The van der Waals surface area contributed by atoms with Gasteiger partial charge in [-0.1, -0.05) is 49.2 Å². The summed E-state index contributed by atoms with van der Waals surface area (Å²) in [7, 11) is 0. The Morgan fingerprint density at radius 2 is 1.64 bits per heavy atom. The molecule has 0 heterocycles. The summed E-state index contributed by atoms with van der Waals surface area (Å²) in [6.45, 7) is 0.620. The number of carbonyl (C=O) groups excluding carboxylic acids is 1. The van der Waals surface area contributed by atoms with Gasteiger partial charge < -0.3 is 10.4 Å². The van der Waals surface area contributed by atoms with Crippen molar-refractivity contribution in [1.82, 2.24) is 5.32 Å². The number of rotatable bonds is 8. The molecule has 0 atom stereocenters. The van der Waals surface area contributed by atoms with Crippen molar-refractivity contribution in [3.63, 3.8) is 0 Å². The van der Waals surface area contributed by atoms with E-state index in [0.717, 1.165) is 30.0 Å². The lowest BCUT2D eigenvalue weighted by Crippen LogP contribution is -2.24. The third-order valence-corrected chi connectivity index (χ3v) is 3.64. The molecule has 4 nitrogen and oxygen atoms in total. The summed E-state index contributed by atoms with van der Waals surface area (Å²) in [6.07, 6.45) is 3.62. The maximum absolute atomic E-state index is 12.2. The third kappa shape index (κ3) is 4.58. The van der Waals surface area contributed by atoms with Gasteiger partial charge in [-0.05, 0) is 29.7 Å². The Hall–Kier alpha value is -2.36. The van der Waals surface area contributed by atoms with Gasteiger partial charge in [0.25, 0.3) is 5.91 Å². The minimum Gasteiger partial charge on any atom is -0.481 e. The zero-order valence-corrected chi connectivity index (χ0v) is 12.5. The molecule has 0 aromatic heterocycles. The molecule has 0 unspecified atom stereocenters. The Kier molecular flexibility index (Phi) is 5.95. The molecule has 1 amide bonds. The first kappa shape index (κ1) is 16.0. The molecule has 2 aromatic rings. The fourth-order valence-corrected chi connectivity index (χ4v) is 2.48. The van der Waals surface area contributed by atoms with Crippen LogP contribution in [0, 0.1) is 0 Å². The molecule has 0 fully saturated rings. The summed E-state index contributed by atoms with van der Waals surface area (Å²) in [6, 6.07) is 13.6. The Morgan fingerprint density at radius 1 is 0.909 bits per heavy atom. The van der Waals surface area contributed by atoms with E-state index < -0.39 is 5.97 Å². The van der Waals surface area contributed by atoms with Gasteiger partial charge in [0.2, 0.25) is 0 Å². The molecule has 0 aliphatic rings. The maximum Gasteiger partial charge on any atom is 0.303 e. The minimum absolute atomic E-state index is 0.0534. The van der Waals surface area contributed by atoms with E-state index in [1.54, 1.807) is 0 Å². The van der Waals surface area contributed by atoms with E-state index in [2.05, 4.69) is 5.32 Å². The van der Waals surface area contributed by atoms with Crippen LogP contribution < -0.4 is 5.32 Å². The number of carbonyl (C=O) groups is 2. The number of hydrogen-bond acceptors (Lipinski definition) is 2. The molecule has 22 heavy (non-hydrogen) atoms. The zero-order chi connectivity index (χ0) is 15.8. The van der Waals surface area contributed by atoms with E-state index in [4.69, 9.17) is 5.11 Å². The Balaban J connectivity index is 1.78. The molecule has 0 saturated heterocycles. The van der Waals surface area contributed by atoms with Gasteiger partial charge in [0.1, 0.15) is 0 Å². The van der Waals surface area contributed by atoms with Crippen LogP contribution in [0.15, 0.2) is 42.5 Å². The first-order chi connectivity index (χ1) is 10.7. The van der Waals surface area contributed by atoms with Gasteiger partial charge in [0.05, 0.1) is 0 Å². The second-order valence-electron chi connectivity index (χ2n) is 5.34. The zero-order valence-electron chi connectivity index (χ0n) is 12.5. The van der Waals surface area contributed by atoms with Gasteiger partial charge in [0, 0.05) is 18.5 Å². The average Bonchev–Trinajstić information content (AvgIpc) is 2.53. The first-order valence-corrected chi connectivity index (χ1v) is 7.66. The van der Waals surface area contributed by atoms with E-state index in [0.29, 0.717) is 18.5 Å². The second-order valence-corrected chi connectivity index (χ2v) is 5.34. The molecule has 0 aliphatic carbocycles. The van der Waals surface area contributed by atoms with Gasteiger partial charge in [-0.15, -0.1) is 0 Å². The number of nitrogens with one attached hydrogen (secondary N) is 1. The molecule has 0 spiro atoms. The SMILES string of the molecule is O=C(O)CCCCCCNC(=O)c1cccc2ccccc12. The molecule has 0 saturated carbocycles. The van der Waals surface area contributed by atoms with Crippen LogP contribution in [-0.2, 0) is 4.79 Å². The summed E-state index contributed by atoms with van der Waals surface area (Å²) in [4.78, 5) is 22.6. The largest absolute Gasteiger partial charge is 0.481 e.